The van der Waals surface area contributed by atoms with E-state index in [1.54, 1.807) is 0 Å². The Bertz CT molecular complexity index is 86.7. The van der Waals surface area contributed by atoms with Crippen LogP contribution < -0.4 is 0 Å². The normalized spacial score (nSPS) is 12.9. The van der Waals surface area contributed by atoms with Crippen LogP contribution in [0.4, 0.5) is 0 Å². The lowest BCUT2D eigenvalue weighted by atomic mass is 10.2. The molecule has 1 heteroatoms. The summed E-state index contributed by atoms with van der Waals surface area (Å²) >= 11 is 1.92. The molecule has 0 aliphatic heterocycles. The van der Waals surface area contributed by atoms with Crippen LogP contribution in [0.25, 0.3) is 0 Å². The van der Waals surface area contributed by atoms with Gasteiger partial charge in [0.2, 0.25) is 0 Å². The highest BCUT2D eigenvalue weighted by Crippen LogP contribution is 2.13. The molecule has 0 rings (SSSR count). The van der Waals surface area contributed by atoms with Gasteiger partial charge in [-0.2, -0.15) is 11.8 Å². The first-order valence-electron chi connectivity index (χ1n) is 3.38. The van der Waals surface area contributed by atoms with Crippen LogP contribution in [0, 0.1) is 0 Å². The molecule has 0 aromatic carbocycles. The molecule has 0 nitrogen and oxygen atoms in total. The van der Waals surface area contributed by atoms with Crippen LogP contribution in [-0.4, -0.2) is 11.5 Å². The molecule has 0 aliphatic rings. The monoisotopic (exact) mass is 144 g/mol. The minimum Gasteiger partial charge on any atom is -0.158 e. The Morgan fingerprint density at radius 2 is 2.11 bits per heavy atom. The maximum absolute atomic E-state index is 2.32. The maximum atomic E-state index is 2.32. The molecule has 54 valence electrons. The van der Waals surface area contributed by atoms with Gasteiger partial charge < -0.3 is 0 Å². The molecule has 0 fully saturated rings. The van der Waals surface area contributed by atoms with E-state index in [0.717, 1.165) is 5.25 Å². The molecule has 0 aromatic heterocycles. The van der Waals surface area contributed by atoms with Crippen molar-refractivity contribution in [1.29, 1.82) is 0 Å². The second kappa shape index (κ2) is 4.92. The molecule has 0 heterocycles. The second-order valence-corrected chi connectivity index (χ2v) is 3.50. The number of allylic oxidation sites excluding steroid dienone is 1. The van der Waals surface area contributed by atoms with Crippen LogP contribution in [0.3, 0.4) is 0 Å². The van der Waals surface area contributed by atoms with Gasteiger partial charge in [0.25, 0.3) is 0 Å². The summed E-state index contributed by atoms with van der Waals surface area (Å²) in [6, 6.07) is 0. The molecule has 0 saturated heterocycles. The van der Waals surface area contributed by atoms with E-state index in [0.29, 0.717) is 0 Å². The number of hydrogen-bond donors (Lipinski definition) is 0. The highest BCUT2D eigenvalue weighted by molar-refractivity contribution is 7.99. The molecule has 0 radical (unpaired) electrons. The van der Waals surface area contributed by atoms with Crippen LogP contribution >= 0.6 is 11.8 Å². The van der Waals surface area contributed by atoms with Gasteiger partial charge in [-0.15, -0.1) is 0 Å². The molecule has 0 aliphatic carbocycles. The third-order valence-electron chi connectivity index (χ3n) is 1.22. The molecule has 1 unspecified atom stereocenters. The van der Waals surface area contributed by atoms with E-state index in [-0.39, 0.29) is 0 Å². The molecule has 1 atom stereocenters. The standard InChI is InChI=1S/C8H16S/c1-5-8(9-4)6-7(2)3/h6,8H,5H2,1-4H3. The zero-order valence-electron chi connectivity index (χ0n) is 6.77. The van der Waals surface area contributed by atoms with Crippen molar-refractivity contribution in [2.45, 2.75) is 32.4 Å². The predicted molar refractivity (Wildman–Crippen MR) is 47.0 cm³/mol. The third-order valence-corrected chi connectivity index (χ3v) is 2.30. The van der Waals surface area contributed by atoms with Gasteiger partial charge in [-0.25, -0.2) is 0 Å². The quantitative estimate of drug-likeness (QED) is 0.548. The Balaban J connectivity index is 3.68. The van der Waals surface area contributed by atoms with E-state index in [9.17, 15) is 0 Å². The average Bonchev–Trinajstić information content (AvgIpc) is 1.82. The summed E-state index contributed by atoms with van der Waals surface area (Å²) in [4.78, 5) is 0. The summed E-state index contributed by atoms with van der Waals surface area (Å²) in [6.07, 6.45) is 5.73. The second-order valence-electron chi connectivity index (χ2n) is 2.43. The van der Waals surface area contributed by atoms with E-state index >= 15 is 0 Å². The van der Waals surface area contributed by atoms with Crippen molar-refractivity contribution < 1.29 is 0 Å². The highest BCUT2D eigenvalue weighted by atomic mass is 32.2. The summed E-state index contributed by atoms with van der Waals surface area (Å²) < 4.78 is 0. The van der Waals surface area contributed by atoms with E-state index < -0.39 is 0 Å². The Labute approximate surface area is 62.7 Å². The molecular weight excluding hydrogens is 128 g/mol. The van der Waals surface area contributed by atoms with Crippen LogP contribution in [0.15, 0.2) is 11.6 Å². The van der Waals surface area contributed by atoms with Crippen molar-refractivity contribution in [3.05, 3.63) is 11.6 Å². The van der Waals surface area contributed by atoms with E-state index in [1.165, 1.54) is 12.0 Å². The fraction of sp³-hybridized carbons (Fsp3) is 0.750. The minimum atomic E-state index is 0.731. The molecule has 0 amide bonds. The summed E-state index contributed by atoms with van der Waals surface area (Å²) in [5.74, 6) is 0. The van der Waals surface area contributed by atoms with E-state index in [1.807, 2.05) is 11.8 Å². The summed E-state index contributed by atoms with van der Waals surface area (Å²) in [5, 5.41) is 0.731. The van der Waals surface area contributed by atoms with Crippen molar-refractivity contribution in [2.75, 3.05) is 6.26 Å². The molecule has 9 heavy (non-hydrogen) atoms. The summed E-state index contributed by atoms with van der Waals surface area (Å²) in [5.41, 5.74) is 1.43. The molecule has 0 bridgehead atoms. The summed E-state index contributed by atoms with van der Waals surface area (Å²) in [6.45, 7) is 6.53. The molecule has 0 aromatic rings. The fourth-order valence-electron chi connectivity index (χ4n) is 0.724. The van der Waals surface area contributed by atoms with Gasteiger partial charge in [-0.1, -0.05) is 18.6 Å². The van der Waals surface area contributed by atoms with Crippen LogP contribution in [0.1, 0.15) is 27.2 Å². The Hall–Kier alpha value is 0.0900. The maximum Gasteiger partial charge on any atom is 0.0224 e. The van der Waals surface area contributed by atoms with Gasteiger partial charge in [0.1, 0.15) is 0 Å². The van der Waals surface area contributed by atoms with Crippen molar-refractivity contribution >= 4 is 11.8 Å². The van der Waals surface area contributed by atoms with Gasteiger partial charge in [0, 0.05) is 5.25 Å². The molecule has 0 spiro atoms. The topological polar surface area (TPSA) is 0 Å². The Kier molecular flexibility index (Phi) is 4.97. The van der Waals surface area contributed by atoms with Gasteiger partial charge in [0.05, 0.1) is 0 Å². The lowest BCUT2D eigenvalue weighted by Gasteiger charge is -2.05. The predicted octanol–water partition coefficient (Wildman–Crippen LogP) is 3.09. The highest BCUT2D eigenvalue weighted by Gasteiger charge is 1.96. The van der Waals surface area contributed by atoms with E-state index in [4.69, 9.17) is 0 Å². The first-order chi connectivity index (χ1) is 4.20. The number of rotatable bonds is 3. The Morgan fingerprint density at radius 1 is 1.56 bits per heavy atom. The fourth-order valence-corrected chi connectivity index (χ4v) is 1.47. The van der Waals surface area contributed by atoms with Gasteiger partial charge in [-0.05, 0) is 26.5 Å². The van der Waals surface area contributed by atoms with Crippen molar-refractivity contribution in [3.63, 3.8) is 0 Å². The van der Waals surface area contributed by atoms with Gasteiger partial charge in [-0.3, -0.25) is 0 Å². The smallest absolute Gasteiger partial charge is 0.0224 e. The summed E-state index contributed by atoms with van der Waals surface area (Å²) in [7, 11) is 0. The molecule has 0 N–H and O–H groups in total. The largest absolute Gasteiger partial charge is 0.158 e. The van der Waals surface area contributed by atoms with Crippen LogP contribution in [-0.2, 0) is 0 Å². The molecular formula is C8H16S. The lowest BCUT2D eigenvalue weighted by molar-refractivity contribution is 0.969. The average molecular weight is 144 g/mol. The van der Waals surface area contributed by atoms with Crippen molar-refractivity contribution in [1.82, 2.24) is 0 Å². The minimum absolute atomic E-state index is 0.731. The number of thioether (sulfide) groups is 1. The third kappa shape index (κ3) is 4.58. The first-order valence-corrected chi connectivity index (χ1v) is 4.67. The molecule has 0 saturated carbocycles. The van der Waals surface area contributed by atoms with Crippen molar-refractivity contribution in [2.24, 2.45) is 0 Å². The Morgan fingerprint density at radius 3 is 2.22 bits per heavy atom. The van der Waals surface area contributed by atoms with Crippen molar-refractivity contribution in [3.8, 4) is 0 Å². The zero-order valence-corrected chi connectivity index (χ0v) is 7.59. The first kappa shape index (κ1) is 9.09. The lowest BCUT2D eigenvalue weighted by Crippen LogP contribution is -1.93. The van der Waals surface area contributed by atoms with Gasteiger partial charge in [0.15, 0.2) is 0 Å². The SMILES string of the molecule is CCC(C=C(C)C)SC. The van der Waals surface area contributed by atoms with Crippen LogP contribution in [0.2, 0.25) is 0 Å². The number of hydrogen-bond acceptors (Lipinski definition) is 1. The van der Waals surface area contributed by atoms with Crippen LogP contribution in [0.5, 0.6) is 0 Å². The van der Waals surface area contributed by atoms with Gasteiger partial charge >= 0.3 is 0 Å². The van der Waals surface area contributed by atoms with E-state index in [2.05, 4.69) is 33.1 Å². The zero-order chi connectivity index (χ0) is 7.28.